The number of carbonyl (C=O) groups is 1. The van der Waals surface area contributed by atoms with Gasteiger partial charge in [-0.05, 0) is 49.2 Å². The van der Waals surface area contributed by atoms with Crippen LogP contribution in [0.1, 0.15) is 36.2 Å². The first kappa shape index (κ1) is 22.9. The molecule has 1 saturated heterocycles. The number of nitrogens with one attached hydrogen (secondary N) is 1. The summed E-state index contributed by atoms with van der Waals surface area (Å²) in [7, 11) is 3.72. The molecule has 1 amide bonds. The van der Waals surface area contributed by atoms with Gasteiger partial charge in [-0.1, -0.05) is 19.9 Å². The van der Waals surface area contributed by atoms with E-state index < -0.39 is 0 Å². The fraction of sp³-hybridized carbons (Fsp3) is 0.500. The van der Waals surface area contributed by atoms with Gasteiger partial charge in [0.1, 0.15) is 5.82 Å². The first-order chi connectivity index (χ1) is 15.0. The highest BCUT2D eigenvalue weighted by Crippen LogP contribution is 2.28. The van der Waals surface area contributed by atoms with Crippen LogP contribution in [-0.4, -0.2) is 62.7 Å². The van der Waals surface area contributed by atoms with Crippen LogP contribution in [0.4, 0.5) is 5.82 Å². The average molecular weight is 427 g/mol. The average Bonchev–Trinajstić information content (AvgIpc) is 2.78. The Bertz CT molecular complexity index is 846. The van der Waals surface area contributed by atoms with E-state index in [4.69, 9.17) is 9.47 Å². The number of rotatable bonds is 9. The molecule has 0 spiro atoms. The predicted molar refractivity (Wildman–Crippen MR) is 123 cm³/mol. The van der Waals surface area contributed by atoms with Crippen molar-refractivity contribution >= 4 is 11.7 Å². The van der Waals surface area contributed by atoms with Crippen LogP contribution >= 0.6 is 0 Å². The largest absolute Gasteiger partial charge is 0.493 e. The number of likely N-dealkylation sites (N-methyl/N-ethyl adjacent to an activating group) is 1. The van der Waals surface area contributed by atoms with Gasteiger partial charge < -0.3 is 24.6 Å². The molecule has 31 heavy (non-hydrogen) atoms. The van der Waals surface area contributed by atoms with Crippen molar-refractivity contribution in [3.8, 4) is 11.5 Å². The van der Waals surface area contributed by atoms with Gasteiger partial charge >= 0.3 is 0 Å². The third kappa shape index (κ3) is 6.59. The second kappa shape index (κ2) is 11.0. The van der Waals surface area contributed by atoms with Crippen LogP contribution in [0.15, 0.2) is 36.5 Å². The molecule has 1 aromatic heterocycles. The molecule has 3 rings (SSSR count). The molecule has 2 heterocycles. The Kier molecular flexibility index (Phi) is 8.12. The minimum Gasteiger partial charge on any atom is -0.493 e. The zero-order valence-corrected chi connectivity index (χ0v) is 19.1. The van der Waals surface area contributed by atoms with Crippen molar-refractivity contribution in [2.75, 3.05) is 51.8 Å². The molecule has 1 N–H and O–H groups in total. The van der Waals surface area contributed by atoms with Crippen molar-refractivity contribution in [2.45, 2.75) is 26.8 Å². The molecule has 0 unspecified atom stereocenters. The first-order valence-corrected chi connectivity index (χ1v) is 10.9. The summed E-state index contributed by atoms with van der Waals surface area (Å²) in [4.78, 5) is 21.8. The lowest BCUT2D eigenvalue weighted by Crippen LogP contribution is -2.44. The number of amides is 1. The van der Waals surface area contributed by atoms with Gasteiger partial charge in [0.2, 0.25) is 0 Å². The number of aromatic nitrogens is 1. The summed E-state index contributed by atoms with van der Waals surface area (Å²) in [6.07, 6.45) is 2.80. The standard InChI is InChI=1S/C24H34N4O3/c1-18(2)9-14-31-21-7-6-20(15-22(21)30-4)24(29)26-17-19-5-8-23(25-16-19)28-12-10-27(3)11-13-28/h5-8,15-16,18H,9-14,17H2,1-4H3,(H,26,29). The SMILES string of the molecule is COc1cc(C(=O)NCc2ccc(N3CCN(C)CC3)nc2)ccc1OCCC(C)C. The Balaban J connectivity index is 1.54. The molecule has 0 aliphatic carbocycles. The van der Waals surface area contributed by atoms with E-state index in [2.05, 4.69) is 41.0 Å². The van der Waals surface area contributed by atoms with E-state index in [0.717, 1.165) is 44.0 Å². The third-order valence-electron chi connectivity index (χ3n) is 5.47. The van der Waals surface area contributed by atoms with Crippen molar-refractivity contribution in [2.24, 2.45) is 5.92 Å². The fourth-order valence-corrected chi connectivity index (χ4v) is 3.36. The van der Waals surface area contributed by atoms with Crippen molar-refractivity contribution in [1.82, 2.24) is 15.2 Å². The second-order valence-electron chi connectivity index (χ2n) is 8.39. The molecule has 7 heteroatoms. The summed E-state index contributed by atoms with van der Waals surface area (Å²) in [5.41, 5.74) is 1.50. The minimum atomic E-state index is -0.157. The Morgan fingerprint density at radius 2 is 1.90 bits per heavy atom. The molecule has 0 radical (unpaired) electrons. The molecule has 0 saturated carbocycles. The van der Waals surface area contributed by atoms with Crippen LogP contribution in [0.3, 0.4) is 0 Å². The predicted octanol–water partition coefficient (Wildman–Crippen LogP) is 3.20. The lowest BCUT2D eigenvalue weighted by molar-refractivity contribution is 0.0950. The normalized spacial score (nSPS) is 14.5. The number of hydrogen-bond donors (Lipinski definition) is 1. The summed E-state index contributed by atoms with van der Waals surface area (Å²) < 4.78 is 11.2. The Morgan fingerprint density at radius 1 is 1.13 bits per heavy atom. The van der Waals surface area contributed by atoms with E-state index in [9.17, 15) is 4.79 Å². The molecule has 1 aliphatic rings. The van der Waals surface area contributed by atoms with E-state index in [1.807, 2.05) is 18.3 Å². The number of hydrogen-bond acceptors (Lipinski definition) is 6. The highest BCUT2D eigenvalue weighted by molar-refractivity contribution is 5.94. The third-order valence-corrected chi connectivity index (χ3v) is 5.47. The van der Waals surface area contributed by atoms with Gasteiger partial charge in [-0.2, -0.15) is 0 Å². The maximum Gasteiger partial charge on any atom is 0.251 e. The summed E-state index contributed by atoms with van der Waals surface area (Å²) >= 11 is 0. The van der Waals surface area contributed by atoms with E-state index in [1.165, 1.54) is 0 Å². The Hall–Kier alpha value is -2.80. The lowest BCUT2D eigenvalue weighted by atomic mass is 10.1. The van der Waals surface area contributed by atoms with Crippen LogP contribution in [0.25, 0.3) is 0 Å². The fourth-order valence-electron chi connectivity index (χ4n) is 3.36. The van der Waals surface area contributed by atoms with Gasteiger partial charge in [0.15, 0.2) is 11.5 Å². The minimum absolute atomic E-state index is 0.157. The molecule has 1 aliphatic heterocycles. The van der Waals surface area contributed by atoms with Crippen molar-refractivity contribution in [3.63, 3.8) is 0 Å². The number of benzene rings is 1. The van der Waals surface area contributed by atoms with Gasteiger partial charge in [0, 0.05) is 44.5 Å². The van der Waals surface area contributed by atoms with Crippen LogP contribution < -0.4 is 19.7 Å². The summed E-state index contributed by atoms with van der Waals surface area (Å²) in [5.74, 6) is 2.62. The zero-order chi connectivity index (χ0) is 22.2. The Labute approximate surface area is 185 Å². The van der Waals surface area contributed by atoms with Crippen LogP contribution in [0.5, 0.6) is 11.5 Å². The number of pyridine rings is 1. The van der Waals surface area contributed by atoms with Crippen molar-refractivity contribution < 1.29 is 14.3 Å². The Morgan fingerprint density at radius 3 is 2.55 bits per heavy atom. The quantitative estimate of drug-likeness (QED) is 0.664. The summed E-state index contributed by atoms with van der Waals surface area (Å²) in [6, 6.07) is 9.32. The molecule has 2 aromatic rings. The maximum atomic E-state index is 12.6. The highest BCUT2D eigenvalue weighted by Gasteiger charge is 2.15. The molecular weight excluding hydrogens is 392 g/mol. The summed E-state index contributed by atoms with van der Waals surface area (Å²) in [6.45, 7) is 9.42. The highest BCUT2D eigenvalue weighted by atomic mass is 16.5. The van der Waals surface area contributed by atoms with Crippen molar-refractivity contribution in [3.05, 3.63) is 47.7 Å². The molecular formula is C24H34N4O3. The molecule has 0 bridgehead atoms. The maximum absolute atomic E-state index is 12.6. The lowest BCUT2D eigenvalue weighted by Gasteiger charge is -2.33. The van der Waals surface area contributed by atoms with Gasteiger partial charge in [-0.25, -0.2) is 4.98 Å². The van der Waals surface area contributed by atoms with E-state index in [1.54, 1.807) is 25.3 Å². The van der Waals surface area contributed by atoms with Crippen LogP contribution in [0.2, 0.25) is 0 Å². The topological polar surface area (TPSA) is 66.9 Å². The van der Waals surface area contributed by atoms with E-state index in [-0.39, 0.29) is 5.91 Å². The van der Waals surface area contributed by atoms with E-state index in [0.29, 0.717) is 36.1 Å². The molecule has 1 aromatic carbocycles. The van der Waals surface area contributed by atoms with Gasteiger partial charge in [-0.15, -0.1) is 0 Å². The van der Waals surface area contributed by atoms with E-state index >= 15 is 0 Å². The number of methoxy groups -OCH3 is 1. The number of nitrogens with zero attached hydrogens (tertiary/aromatic N) is 3. The van der Waals surface area contributed by atoms with Crippen LogP contribution in [0, 0.1) is 5.92 Å². The number of carbonyl (C=O) groups excluding carboxylic acids is 1. The molecule has 7 nitrogen and oxygen atoms in total. The van der Waals surface area contributed by atoms with Gasteiger partial charge in [0.25, 0.3) is 5.91 Å². The smallest absolute Gasteiger partial charge is 0.251 e. The molecule has 168 valence electrons. The van der Waals surface area contributed by atoms with Gasteiger partial charge in [-0.3, -0.25) is 4.79 Å². The molecule has 1 fully saturated rings. The number of anilines is 1. The molecule has 0 atom stereocenters. The van der Waals surface area contributed by atoms with Crippen LogP contribution in [-0.2, 0) is 6.54 Å². The second-order valence-corrected chi connectivity index (χ2v) is 8.39. The zero-order valence-electron chi connectivity index (χ0n) is 19.1. The van der Waals surface area contributed by atoms with Gasteiger partial charge in [0.05, 0.1) is 13.7 Å². The first-order valence-electron chi connectivity index (χ1n) is 10.9. The number of ether oxygens (including phenoxy) is 2. The summed E-state index contributed by atoms with van der Waals surface area (Å²) in [5, 5.41) is 2.95. The number of piperazine rings is 1. The monoisotopic (exact) mass is 426 g/mol. The van der Waals surface area contributed by atoms with Crippen molar-refractivity contribution in [1.29, 1.82) is 0 Å².